The molecule has 0 fully saturated rings. The molecular formula is C19H29ClN2O3. The zero-order valence-corrected chi connectivity index (χ0v) is 16.3. The van der Waals surface area contributed by atoms with Gasteiger partial charge in [-0.3, -0.25) is 9.59 Å². The van der Waals surface area contributed by atoms with Crippen LogP contribution < -0.4 is 15.4 Å². The second-order valence-corrected chi connectivity index (χ2v) is 7.41. The molecule has 1 rings (SSSR count). The third-order valence-corrected chi connectivity index (χ3v) is 3.88. The van der Waals surface area contributed by atoms with Crippen LogP contribution in [0.5, 0.6) is 5.75 Å². The number of halogens is 1. The van der Waals surface area contributed by atoms with E-state index in [9.17, 15) is 9.59 Å². The molecule has 0 aliphatic heterocycles. The van der Waals surface area contributed by atoms with Crippen LogP contribution in [0, 0.1) is 6.92 Å². The Balaban J connectivity index is 2.39. The SMILES string of the molecule is Cc1ccc(OCC(=O)NCCNC(=O)CCCCl)c(C(C)(C)C)c1. The predicted octanol–water partition coefficient (Wildman–Crippen LogP) is 2.92. The summed E-state index contributed by atoms with van der Waals surface area (Å²) in [4.78, 5) is 23.3. The highest BCUT2D eigenvalue weighted by Gasteiger charge is 2.19. The van der Waals surface area contributed by atoms with E-state index in [4.69, 9.17) is 16.3 Å². The molecule has 0 bridgehead atoms. The minimum atomic E-state index is -0.213. The van der Waals surface area contributed by atoms with Crippen molar-refractivity contribution in [2.75, 3.05) is 25.6 Å². The molecular weight excluding hydrogens is 340 g/mol. The summed E-state index contributed by atoms with van der Waals surface area (Å²) in [6.45, 7) is 9.09. The molecule has 0 heterocycles. The standard InChI is InChI=1S/C19H29ClN2O3/c1-14-7-8-16(15(12-14)19(2,3)4)25-13-18(24)22-11-10-21-17(23)6-5-9-20/h7-8,12H,5-6,9-11,13H2,1-4H3,(H,21,23)(H,22,24). The van der Waals surface area contributed by atoms with Crippen LogP contribution >= 0.6 is 11.6 Å². The van der Waals surface area contributed by atoms with Crippen LogP contribution in [0.1, 0.15) is 44.7 Å². The van der Waals surface area contributed by atoms with Gasteiger partial charge in [-0.15, -0.1) is 11.6 Å². The first-order chi connectivity index (χ1) is 11.7. The third-order valence-electron chi connectivity index (χ3n) is 3.61. The van der Waals surface area contributed by atoms with Gasteiger partial charge in [0.05, 0.1) is 0 Å². The molecule has 5 nitrogen and oxygen atoms in total. The number of rotatable bonds is 9. The Morgan fingerprint density at radius 1 is 1.12 bits per heavy atom. The fraction of sp³-hybridized carbons (Fsp3) is 0.579. The second kappa shape index (κ2) is 10.3. The fourth-order valence-corrected chi connectivity index (χ4v) is 2.40. The first kappa shape index (κ1) is 21.3. The Morgan fingerprint density at radius 2 is 1.76 bits per heavy atom. The highest BCUT2D eigenvalue weighted by Crippen LogP contribution is 2.32. The molecule has 0 aliphatic carbocycles. The number of hydrogen-bond donors (Lipinski definition) is 2. The fourth-order valence-electron chi connectivity index (χ4n) is 2.27. The molecule has 0 aliphatic rings. The van der Waals surface area contributed by atoms with Crippen molar-refractivity contribution in [1.82, 2.24) is 10.6 Å². The number of benzene rings is 1. The summed E-state index contributed by atoms with van der Waals surface area (Å²) in [5, 5.41) is 5.46. The third kappa shape index (κ3) is 8.25. The molecule has 0 aromatic heterocycles. The number of amides is 2. The molecule has 2 amide bonds. The summed E-state index contributed by atoms with van der Waals surface area (Å²) >= 11 is 5.53. The first-order valence-corrected chi connectivity index (χ1v) is 9.11. The maximum absolute atomic E-state index is 11.9. The Hall–Kier alpha value is -1.75. The zero-order chi connectivity index (χ0) is 18.9. The van der Waals surface area contributed by atoms with Crippen LogP contribution in [-0.2, 0) is 15.0 Å². The number of ether oxygens (including phenoxy) is 1. The average molecular weight is 369 g/mol. The van der Waals surface area contributed by atoms with Crippen molar-refractivity contribution in [2.24, 2.45) is 0 Å². The van der Waals surface area contributed by atoms with Crippen molar-refractivity contribution in [1.29, 1.82) is 0 Å². The lowest BCUT2D eigenvalue weighted by Crippen LogP contribution is -2.36. The van der Waals surface area contributed by atoms with Crippen molar-refractivity contribution in [3.8, 4) is 5.75 Å². The predicted molar refractivity (Wildman–Crippen MR) is 101 cm³/mol. The number of carbonyl (C=O) groups is 2. The van der Waals surface area contributed by atoms with E-state index in [1.165, 1.54) is 0 Å². The van der Waals surface area contributed by atoms with Gasteiger partial charge in [0.1, 0.15) is 5.75 Å². The van der Waals surface area contributed by atoms with Gasteiger partial charge >= 0.3 is 0 Å². The van der Waals surface area contributed by atoms with Crippen LogP contribution in [0.15, 0.2) is 18.2 Å². The topological polar surface area (TPSA) is 67.4 Å². The van der Waals surface area contributed by atoms with Gasteiger partial charge < -0.3 is 15.4 Å². The number of nitrogens with one attached hydrogen (secondary N) is 2. The molecule has 0 saturated carbocycles. The quantitative estimate of drug-likeness (QED) is 0.520. The van der Waals surface area contributed by atoms with Crippen molar-refractivity contribution in [2.45, 2.75) is 46.0 Å². The van der Waals surface area contributed by atoms with E-state index < -0.39 is 0 Å². The van der Waals surface area contributed by atoms with Gasteiger partial charge in [0, 0.05) is 25.4 Å². The Morgan fingerprint density at radius 3 is 2.36 bits per heavy atom. The van der Waals surface area contributed by atoms with Gasteiger partial charge in [-0.05, 0) is 30.4 Å². The van der Waals surface area contributed by atoms with E-state index in [-0.39, 0.29) is 23.8 Å². The lowest BCUT2D eigenvalue weighted by Gasteiger charge is -2.23. The molecule has 1 aromatic carbocycles. The van der Waals surface area contributed by atoms with Gasteiger partial charge in [0.2, 0.25) is 5.91 Å². The first-order valence-electron chi connectivity index (χ1n) is 8.57. The molecule has 140 valence electrons. The smallest absolute Gasteiger partial charge is 0.258 e. The minimum absolute atomic E-state index is 0.0493. The number of alkyl halides is 1. The second-order valence-electron chi connectivity index (χ2n) is 7.03. The Labute approximate surface area is 155 Å². The lowest BCUT2D eigenvalue weighted by atomic mass is 9.85. The minimum Gasteiger partial charge on any atom is -0.483 e. The highest BCUT2D eigenvalue weighted by molar-refractivity contribution is 6.17. The zero-order valence-electron chi connectivity index (χ0n) is 15.6. The summed E-state index contributed by atoms with van der Waals surface area (Å²) in [7, 11) is 0. The Kier molecular flexibility index (Phi) is 8.76. The lowest BCUT2D eigenvalue weighted by molar-refractivity contribution is -0.124. The maximum atomic E-state index is 11.9. The van der Waals surface area contributed by atoms with Gasteiger partial charge in [-0.25, -0.2) is 0 Å². The molecule has 6 heteroatoms. The number of hydrogen-bond acceptors (Lipinski definition) is 3. The van der Waals surface area contributed by atoms with Crippen LogP contribution in [-0.4, -0.2) is 37.4 Å². The van der Waals surface area contributed by atoms with Crippen molar-refractivity contribution >= 4 is 23.4 Å². The molecule has 0 atom stereocenters. The monoisotopic (exact) mass is 368 g/mol. The maximum Gasteiger partial charge on any atom is 0.258 e. The average Bonchev–Trinajstić information content (AvgIpc) is 2.54. The van der Waals surface area contributed by atoms with E-state index in [0.29, 0.717) is 31.8 Å². The summed E-state index contributed by atoms with van der Waals surface area (Å²) in [6.07, 6.45) is 1.06. The van der Waals surface area contributed by atoms with Crippen LogP contribution in [0.2, 0.25) is 0 Å². The van der Waals surface area contributed by atoms with E-state index in [1.54, 1.807) is 0 Å². The molecule has 0 spiro atoms. The van der Waals surface area contributed by atoms with Gasteiger partial charge in [-0.2, -0.15) is 0 Å². The molecule has 0 saturated heterocycles. The summed E-state index contributed by atoms with van der Waals surface area (Å²) < 4.78 is 5.70. The van der Waals surface area contributed by atoms with Crippen molar-refractivity contribution < 1.29 is 14.3 Å². The Bertz CT molecular complexity index is 583. The number of aryl methyl sites for hydroxylation is 1. The number of carbonyl (C=O) groups excluding carboxylic acids is 2. The van der Waals surface area contributed by atoms with Gasteiger partial charge in [0.15, 0.2) is 6.61 Å². The largest absolute Gasteiger partial charge is 0.483 e. The summed E-state index contributed by atoms with van der Waals surface area (Å²) in [5.74, 6) is 0.926. The van der Waals surface area contributed by atoms with Crippen molar-refractivity contribution in [3.05, 3.63) is 29.3 Å². The van der Waals surface area contributed by atoms with E-state index in [0.717, 1.165) is 16.9 Å². The molecule has 1 aromatic rings. The van der Waals surface area contributed by atoms with Crippen LogP contribution in [0.3, 0.4) is 0 Å². The van der Waals surface area contributed by atoms with E-state index in [1.807, 2.05) is 19.1 Å². The molecule has 25 heavy (non-hydrogen) atoms. The van der Waals surface area contributed by atoms with Crippen molar-refractivity contribution in [3.63, 3.8) is 0 Å². The van der Waals surface area contributed by atoms with E-state index >= 15 is 0 Å². The summed E-state index contributed by atoms with van der Waals surface area (Å²) in [5.41, 5.74) is 2.17. The van der Waals surface area contributed by atoms with Gasteiger partial charge in [-0.1, -0.05) is 38.5 Å². The molecule has 0 unspecified atom stereocenters. The van der Waals surface area contributed by atoms with Crippen LogP contribution in [0.4, 0.5) is 0 Å². The van der Waals surface area contributed by atoms with E-state index in [2.05, 4.69) is 37.5 Å². The highest BCUT2D eigenvalue weighted by atomic mass is 35.5. The molecule has 2 N–H and O–H groups in total. The van der Waals surface area contributed by atoms with Crippen LogP contribution in [0.25, 0.3) is 0 Å². The normalized spacial score (nSPS) is 11.1. The van der Waals surface area contributed by atoms with Gasteiger partial charge in [0.25, 0.3) is 5.91 Å². The summed E-state index contributed by atoms with van der Waals surface area (Å²) in [6, 6.07) is 5.96. The molecule has 0 radical (unpaired) electrons.